The van der Waals surface area contributed by atoms with Gasteiger partial charge in [0.15, 0.2) is 5.69 Å². The minimum absolute atomic E-state index is 0.271. The number of rotatable bonds is 10. The second-order valence-electron chi connectivity index (χ2n) is 10.2. The summed E-state index contributed by atoms with van der Waals surface area (Å²) < 4.78 is 8.07. The van der Waals surface area contributed by atoms with Gasteiger partial charge in [-0.3, -0.25) is 4.79 Å². The van der Waals surface area contributed by atoms with Crippen molar-refractivity contribution in [3.8, 4) is 11.5 Å². The number of hydroxylamine groups is 1. The lowest BCUT2D eigenvalue weighted by Crippen LogP contribution is -2.43. The number of aromatic nitrogens is 6. The van der Waals surface area contributed by atoms with Crippen LogP contribution in [-0.2, 0) is 27.9 Å². The van der Waals surface area contributed by atoms with Crippen LogP contribution in [-0.4, -0.2) is 49.1 Å². The Bertz CT molecular complexity index is 1640. The summed E-state index contributed by atoms with van der Waals surface area (Å²) in [7, 11) is 3.60. The van der Waals surface area contributed by atoms with Gasteiger partial charge in [0.25, 0.3) is 0 Å². The highest BCUT2D eigenvalue weighted by molar-refractivity contribution is 5.98. The fraction of sp³-hybridized carbons (Fsp3) is 0.310. The molecule has 5 rings (SSSR count). The van der Waals surface area contributed by atoms with Crippen LogP contribution in [0.25, 0.3) is 22.4 Å². The Morgan fingerprint density at radius 3 is 2.56 bits per heavy atom. The number of tetrazole rings is 1. The molecule has 12 nitrogen and oxygen atoms in total. The maximum absolute atomic E-state index is 13.8. The first-order valence-electron chi connectivity index (χ1n) is 13.3. The summed E-state index contributed by atoms with van der Waals surface area (Å²) in [5.41, 5.74) is 3.16. The molecule has 0 fully saturated rings. The largest absolute Gasteiger partial charge is 0.443 e. The highest BCUT2D eigenvalue weighted by Crippen LogP contribution is 2.29. The normalized spacial score (nSPS) is 12.8. The molecule has 3 heterocycles. The van der Waals surface area contributed by atoms with Gasteiger partial charge in [0.2, 0.25) is 17.6 Å². The predicted octanol–water partition coefficient (Wildman–Crippen LogP) is 3.92. The first-order valence-corrected chi connectivity index (χ1v) is 13.3. The molecule has 2 atom stereocenters. The Kier molecular flexibility index (Phi) is 7.81. The van der Waals surface area contributed by atoms with Crippen LogP contribution in [0.15, 0.2) is 65.2 Å². The Morgan fingerprint density at radius 1 is 1.12 bits per heavy atom. The molecule has 0 aliphatic carbocycles. The molecule has 212 valence electrons. The number of carbonyl (C=O) groups excluding carboxylic acids is 2. The summed E-state index contributed by atoms with van der Waals surface area (Å²) in [6.45, 7) is 5.36. The van der Waals surface area contributed by atoms with Crippen LogP contribution in [0, 0.1) is 18.8 Å². The molecule has 2 N–H and O–H groups in total. The van der Waals surface area contributed by atoms with E-state index in [0.29, 0.717) is 29.4 Å². The third-order valence-corrected chi connectivity index (χ3v) is 6.95. The maximum atomic E-state index is 13.8. The summed E-state index contributed by atoms with van der Waals surface area (Å²) in [4.78, 5) is 37.3. The number of amides is 1. The number of H-pyrrole nitrogens is 1. The summed E-state index contributed by atoms with van der Waals surface area (Å²) in [5, 5.41) is 19.3. The third-order valence-electron chi connectivity index (χ3n) is 6.95. The van der Waals surface area contributed by atoms with Crippen LogP contribution in [0.3, 0.4) is 0 Å². The number of hydrogen-bond acceptors (Lipinski definition) is 9. The number of carbonyl (C=O) groups is 2. The van der Waals surface area contributed by atoms with Gasteiger partial charge in [-0.1, -0.05) is 50.2 Å². The molecule has 41 heavy (non-hydrogen) atoms. The minimum atomic E-state index is -1.08. The number of hydrogen-bond donors (Lipinski definition) is 2. The average molecular weight is 557 g/mol. The fourth-order valence-corrected chi connectivity index (χ4v) is 4.88. The van der Waals surface area contributed by atoms with Gasteiger partial charge in [-0.15, -0.1) is 5.10 Å². The minimum Gasteiger partial charge on any atom is -0.443 e. The van der Waals surface area contributed by atoms with Crippen molar-refractivity contribution in [3.63, 3.8) is 0 Å². The van der Waals surface area contributed by atoms with Crippen LogP contribution in [0.1, 0.15) is 37.1 Å². The molecule has 0 saturated heterocycles. The van der Waals surface area contributed by atoms with E-state index < -0.39 is 23.8 Å². The zero-order valence-corrected chi connectivity index (χ0v) is 23.5. The van der Waals surface area contributed by atoms with Gasteiger partial charge < -0.3 is 19.1 Å². The first-order chi connectivity index (χ1) is 19.7. The van der Waals surface area contributed by atoms with Crippen LogP contribution in [0.4, 0.5) is 5.69 Å². The van der Waals surface area contributed by atoms with Crippen molar-refractivity contribution in [2.75, 3.05) is 12.1 Å². The summed E-state index contributed by atoms with van der Waals surface area (Å²) in [6.07, 6.45) is 2.38. The Labute approximate surface area is 236 Å². The molecule has 12 heteroatoms. The highest BCUT2D eigenvalue weighted by Gasteiger charge is 2.35. The number of anilines is 1. The fourth-order valence-electron chi connectivity index (χ4n) is 4.88. The number of aromatic amines is 1. The smallest absolute Gasteiger partial charge is 0.345 e. The number of aryl methyl sites for hydroxylation is 2. The summed E-state index contributed by atoms with van der Waals surface area (Å²) >= 11 is 0. The van der Waals surface area contributed by atoms with E-state index in [1.165, 1.54) is 5.06 Å². The number of nitrogens with one attached hydrogen (secondary N) is 2. The molecular formula is C29H32N8O4. The lowest BCUT2D eigenvalue weighted by Gasteiger charge is -2.25. The second-order valence-corrected chi connectivity index (χ2v) is 10.2. The van der Waals surface area contributed by atoms with Crippen LogP contribution in [0.5, 0.6) is 0 Å². The standard InChI is InChI=1S/C29H32N8O4/c1-17(2)24(29(39)41-37(5)20-11-7-6-8-12-20)27(38)30-22(15-19-16-36(4)23-14-10-9-13-21(19)23)28-31-25(18(3)40-28)26-32-34-35-33-26/h6-14,16-17,22,24H,15H2,1-5H3,(H,30,38)(H,32,33,34,35)/t22-,24+/m1/s1. The predicted molar refractivity (Wildman–Crippen MR) is 151 cm³/mol. The zero-order valence-electron chi connectivity index (χ0n) is 23.5. The van der Waals surface area contributed by atoms with Crippen molar-refractivity contribution in [1.82, 2.24) is 35.5 Å². The van der Waals surface area contributed by atoms with E-state index in [-0.39, 0.29) is 11.8 Å². The quantitative estimate of drug-likeness (QED) is 0.193. The average Bonchev–Trinajstić information content (AvgIpc) is 3.68. The van der Waals surface area contributed by atoms with Crippen molar-refractivity contribution >= 4 is 28.5 Å². The van der Waals surface area contributed by atoms with Gasteiger partial charge in [0.1, 0.15) is 17.7 Å². The summed E-state index contributed by atoms with van der Waals surface area (Å²) in [5.74, 6) is -1.47. The molecule has 0 radical (unpaired) electrons. The molecule has 0 spiro atoms. The van der Waals surface area contributed by atoms with E-state index in [0.717, 1.165) is 16.5 Å². The first kappa shape index (κ1) is 27.6. The number of para-hydroxylation sites is 2. The van der Waals surface area contributed by atoms with E-state index in [1.54, 1.807) is 27.8 Å². The molecule has 0 unspecified atom stereocenters. The lowest BCUT2D eigenvalue weighted by molar-refractivity contribution is -0.155. The van der Waals surface area contributed by atoms with Gasteiger partial charge in [-0.2, -0.15) is 0 Å². The topological polar surface area (TPSA) is 144 Å². The van der Waals surface area contributed by atoms with Gasteiger partial charge in [-0.05, 0) is 47.0 Å². The van der Waals surface area contributed by atoms with Crippen LogP contribution < -0.4 is 10.4 Å². The van der Waals surface area contributed by atoms with E-state index in [1.807, 2.05) is 72.4 Å². The Morgan fingerprint density at radius 2 is 1.85 bits per heavy atom. The van der Waals surface area contributed by atoms with Gasteiger partial charge in [0, 0.05) is 37.6 Å². The van der Waals surface area contributed by atoms with Crippen LogP contribution in [0.2, 0.25) is 0 Å². The molecule has 2 aromatic carbocycles. The molecule has 0 saturated carbocycles. The van der Waals surface area contributed by atoms with E-state index >= 15 is 0 Å². The van der Waals surface area contributed by atoms with E-state index in [2.05, 4.69) is 30.9 Å². The Hall–Kier alpha value is -5.00. The molecule has 5 aromatic rings. The number of benzene rings is 2. The summed E-state index contributed by atoms with van der Waals surface area (Å²) in [6, 6.07) is 16.5. The number of fused-ring (bicyclic) bond motifs is 1. The molecule has 0 bridgehead atoms. The second kappa shape index (κ2) is 11.6. The van der Waals surface area contributed by atoms with Crippen molar-refractivity contribution in [2.45, 2.75) is 33.2 Å². The van der Waals surface area contributed by atoms with Gasteiger partial charge in [-0.25, -0.2) is 19.9 Å². The van der Waals surface area contributed by atoms with Crippen molar-refractivity contribution in [1.29, 1.82) is 0 Å². The Balaban J connectivity index is 1.45. The maximum Gasteiger partial charge on any atom is 0.345 e. The monoisotopic (exact) mass is 556 g/mol. The lowest BCUT2D eigenvalue weighted by atomic mass is 9.94. The molecular weight excluding hydrogens is 524 g/mol. The number of oxazole rings is 1. The van der Waals surface area contributed by atoms with Gasteiger partial charge in [0.05, 0.1) is 5.69 Å². The number of nitrogens with zero attached hydrogens (tertiary/aromatic N) is 6. The van der Waals surface area contributed by atoms with E-state index in [9.17, 15) is 9.59 Å². The van der Waals surface area contributed by atoms with Crippen LogP contribution >= 0.6 is 0 Å². The van der Waals surface area contributed by atoms with Crippen molar-refractivity contribution in [2.24, 2.45) is 18.9 Å². The SMILES string of the molecule is Cc1oc([C@@H](Cc2cn(C)c3ccccc23)NC(=O)[C@@H](C(=O)ON(C)c2ccccc2)C(C)C)nc1-c1nnn[nH]1. The molecule has 3 aromatic heterocycles. The van der Waals surface area contributed by atoms with E-state index in [4.69, 9.17) is 9.25 Å². The van der Waals surface area contributed by atoms with Crippen molar-refractivity contribution < 1.29 is 18.8 Å². The van der Waals surface area contributed by atoms with Crippen molar-refractivity contribution in [3.05, 3.63) is 78.0 Å². The zero-order chi connectivity index (χ0) is 29.1. The highest BCUT2D eigenvalue weighted by atomic mass is 16.7. The van der Waals surface area contributed by atoms with Gasteiger partial charge >= 0.3 is 5.97 Å². The molecule has 1 amide bonds. The molecule has 0 aliphatic rings. The third kappa shape index (κ3) is 5.81. The molecule has 0 aliphatic heterocycles.